The normalized spacial score (nSPS) is 15.6. The van der Waals surface area contributed by atoms with Crippen LogP contribution in [0.25, 0.3) is 10.2 Å². The average Bonchev–Trinajstić information content (AvgIpc) is 3.23. The zero-order valence-electron chi connectivity index (χ0n) is 13.6. The second-order valence-electron chi connectivity index (χ2n) is 5.83. The number of aliphatic hydroxyl groups is 1. The Balaban J connectivity index is 1.86. The molecule has 2 N–H and O–H groups in total. The van der Waals surface area contributed by atoms with Crippen LogP contribution < -0.4 is 5.32 Å². The number of amides is 1. The molecule has 0 saturated heterocycles. The van der Waals surface area contributed by atoms with Crippen LogP contribution in [-0.4, -0.2) is 22.2 Å². The van der Waals surface area contributed by atoms with Gasteiger partial charge < -0.3 is 10.4 Å². The number of thiazole rings is 1. The standard InChI is InChI=1S/C17H15F3N2O2S2/c1-10(12-7-4-8-25-12)21-14(23)9-16(24,17(18,19)20)15-22-11-5-2-3-6-13(11)26-15/h2-8,10,24H,9H2,1H3,(H,21,23). The number of halogens is 3. The van der Waals surface area contributed by atoms with Crippen molar-refractivity contribution in [1.82, 2.24) is 10.3 Å². The lowest BCUT2D eigenvalue weighted by Gasteiger charge is -2.28. The number of para-hydroxylation sites is 1. The molecular formula is C17H15F3N2O2S2. The van der Waals surface area contributed by atoms with Crippen LogP contribution in [0.15, 0.2) is 41.8 Å². The Bertz CT molecular complexity index is 875. The Morgan fingerprint density at radius 1 is 1.27 bits per heavy atom. The van der Waals surface area contributed by atoms with E-state index in [1.807, 2.05) is 5.38 Å². The first-order chi connectivity index (χ1) is 12.2. The maximum absolute atomic E-state index is 13.6. The van der Waals surface area contributed by atoms with Gasteiger partial charge in [-0.2, -0.15) is 13.2 Å². The predicted molar refractivity (Wildman–Crippen MR) is 95.1 cm³/mol. The summed E-state index contributed by atoms with van der Waals surface area (Å²) >= 11 is 2.12. The van der Waals surface area contributed by atoms with Crippen LogP contribution >= 0.6 is 22.7 Å². The summed E-state index contributed by atoms with van der Waals surface area (Å²) in [6, 6.07) is 9.61. The number of benzene rings is 1. The lowest BCUT2D eigenvalue weighted by Crippen LogP contribution is -2.46. The van der Waals surface area contributed by atoms with E-state index in [2.05, 4.69) is 10.3 Å². The minimum absolute atomic E-state index is 0.350. The van der Waals surface area contributed by atoms with Crippen LogP contribution in [0.3, 0.4) is 0 Å². The van der Waals surface area contributed by atoms with Gasteiger partial charge in [0.05, 0.1) is 22.7 Å². The molecule has 2 unspecified atom stereocenters. The first-order valence-corrected chi connectivity index (χ1v) is 9.38. The smallest absolute Gasteiger partial charge is 0.374 e. The average molecular weight is 400 g/mol. The van der Waals surface area contributed by atoms with Gasteiger partial charge in [-0.05, 0) is 30.5 Å². The van der Waals surface area contributed by atoms with Crippen molar-refractivity contribution < 1.29 is 23.1 Å². The molecule has 0 aliphatic rings. The van der Waals surface area contributed by atoms with E-state index < -0.39 is 35.2 Å². The molecule has 3 aromatic rings. The molecule has 1 amide bonds. The lowest BCUT2D eigenvalue weighted by atomic mass is 9.99. The Hall–Kier alpha value is -1.97. The van der Waals surface area contributed by atoms with Crippen LogP contribution in [0, 0.1) is 0 Å². The van der Waals surface area contributed by atoms with Crippen molar-refractivity contribution in [3.63, 3.8) is 0 Å². The fraction of sp³-hybridized carbons (Fsp3) is 0.294. The van der Waals surface area contributed by atoms with Crippen molar-refractivity contribution in [1.29, 1.82) is 0 Å². The van der Waals surface area contributed by atoms with Crippen molar-refractivity contribution >= 4 is 38.8 Å². The minimum Gasteiger partial charge on any atom is -0.374 e. The third kappa shape index (κ3) is 3.60. The van der Waals surface area contributed by atoms with Gasteiger partial charge in [-0.25, -0.2) is 4.98 Å². The quantitative estimate of drug-likeness (QED) is 0.668. The van der Waals surface area contributed by atoms with Gasteiger partial charge in [-0.1, -0.05) is 18.2 Å². The van der Waals surface area contributed by atoms with Gasteiger partial charge in [0.15, 0.2) is 0 Å². The Morgan fingerprint density at radius 3 is 2.62 bits per heavy atom. The fourth-order valence-corrected chi connectivity index (χ4v) is 4.29. The SMILES string of the molecule is CC(NC(=O)CC(O)(c1nc2ccccc2s1)C(F)(F)F)c1cccs1. The third-order valence-electron chi connectivity index (χ3n) is 3.88. The summed E-state index contributed by atoms with van der Waals surface area (Å²) in [7, 11) is 0. The van der Waals surface area contributed by atoms with Gasteiger partial charge >= 0.3 is 6.18 Å². The van der Waals surface area contributed by atoms with E-state index in [1.165, 1.54) is 11.3 Å². The summed E-state index contributed by atoms with van der Waals surface area (Å²) in [6.07, 6.45) is -6.18. The van der Waals surface area contributed by atoms with Crippen LogP contribution in [0.4, 0.5) is 13.2 Å². The summed E-state index contributed by atoms with van der Waals surface area (Å²) in [5, 5.41) is 14.2. The summed E-state index contributed by atoms with van der Waals surface area (Å²) in [5.74, 6) is -0.898. The van der Waals surface area contributed by atoms with Crippen molar-refractivity contribution in [3.8, 4) is 0 Å². The number of alkyl halides is 3. The molecule has 1 aromatic carbocycles. The van der Waals surface area contributed by atoms with Gasteiger partial charge in [0.2, 0.25) is 11.5 Å². The number of thiophene rings is 1. The summed E-state index contributed by atoms with van der Waals surface area (Å²) in [5.41, 5.74) is -2.99. The zero-order chi connectivity index (χ0) is 18.9. The monoisotopic (exact) mass is 400 g/mol. The van der Waals surface area contributed by atoms with Gasteiger partial charge in [0, 0.05) is 4.88 Å². The fourth-order valence-electron chi connectivity index (χ4n) is 2.48. The predicted octanol–water partition coefficient (Wildman–Crippen LogP) is 4.38. The number of nitrogens with zero attached hydrogens (tertiary/aromatic N) is 1. The molecule has 138 valence electrons. The number of rotatable bonds is 5. The van der Waals surface area contributed by atoms with Crippen molar-refractivity contribution in [2.24, 2.45) is 0 Å². The highest BCUT2D eigenvalue weighted by molar-refractivity contribution is 7.18. The van der Waals surface area contributed by atoms with Crippen LogP contribution in [0.5, 0.6) is 0 Å². The Kier molecular flexibility index (Phi) is 5.05. The minimum atomic E-state index is -5.04. The molecule has 0 fully saturated rings. The van der Waals surface area contributed by atoms with E-state index in [0.29, 0.717) is 10.2 Å². The summed E-state index contributed by atoms with van der Waals surface area (Å²) in [4.78, 5) is 16.9. The highest BCUT2D eigenvalue weighted by atomic mass is 32.1. The molecule has 3 rings (SSSR count). The number of nitrogens with one attached hydrogen (secondary N) is 1. The summed E-state index contributed by atoms with van der Waals surface area (Å²) in [6.45, 7) is 1.67. The van der Waals surface area contributed by atoms with E-state index in [1.54, 1.807) is 43.3 Å². The number of aromatic nitrogens is 1. The summed E-state index contributed by atoms with van der Waals surface area (Å²) < 4.78 is 41.4. The number of hydrogen-bond donors (Lipinski definition) is 2. The van der Waals surface area contributed by atoms with E-state index in [4.69, 9.17) is 0 Å². The molecule has 0 aliphatic carbocycles. The lowest BCUT2D eigenvalue weighted by molar-refractivity contribution is -0.267. The Labute approximate surface area is 155 Å². The van der Waals surface area contributed by atoms with Crippen LogP contribution in [-0.2, 0) is 10.4 Å². The molecule has 2 aromatic heterocycles. The molecule has 2 heterocycles. The van der Waals surface area contributed by atoms with Gasteiger partial charge in [-0.3, -0.25) is 4.79 Å². The van der Waals surface area contributed by atoms with Crippen molar-refractivity contribution in [2.45, 2.75) is 31.2 Å². The Morgan fingerprint density at radius 2 is 2.00 bits per heavy atom. The molecule has 0 saturated carbocycles. The maximum atomic E-state index is 13.6. The van der Waals surface area contributed by atoms with E-state index in [0.717, 1.165) is 16.2 Å². The third-order valence-corrected chi connectivity index (χ3v) is 6.12. The number of hydrogen-bond acceptors (Lipinski definition) is 5. The second-order valence-corrected chi connectivity index (χ2v) is 7.84. The van der Waals surface area contributed by atoms with Gasteiger partial charge in [0.1, 0.15) is 5.01 Å². The number of fused-ring (bicyclic) bond motifs is 1. The van der Waals surface area contributed by atoms with Crippen molar-refractivity contribution in [2.75, 3.05) is 0 Å². The number of carbonyl (C=O) groups is 1. The van der Waals surface area contributed by atoms with Crippen LogP contribution in [0.2, 0.25) is 0 Å². The first-order valence-electron chi connectivity index (χ1n) is 7.68. The molecule has 2 atom stereocenters. The van der Waals surface area contributed by atoms with Crippen molar-refractivity contribution in [3.05, 3.63) is 51.7 Å². The molecule has 9 heteroatoms. The van der Waals surface area contributed by atoms with E-state index in [9.17, 15) is 23.1 Å². The first kappa shape index (κ1) is 18.8. The number of carbonyl (C=O) groups excluding carboxylic acids is 1. The second kappa shape index (κ2) is 6.98. The topological polar surface area (TPSA) is 62.2 Å². The van der Waals surface area contributed by atoms with E-state index >= 15 is 0 Å². The zero-order valence-corrected chi connectivity index (χ0v) is 15.2. The molecule has 0 spiro atoms. The molecule has 26 heavy (non-hydrogen) atoms. The van der Waals surface area contributed by atoms with Gasteiger partial charge in [-0.15, -0.1) is 22.7 Å². The molecule has 0 aliphatic heterocycles. The largest absolute Gasteiger partial charge is 0.424 e. The molecule has 0 radical (unpaired) electrons. The van der Waals surface area contributed by atoms with E-state index in [-0.39, 0.29) is 0 Å². The molecule has 4 nitrogen and oxygen atoms in total. The van der Waals surface area contributed by atoms with Gasteiger partial charge in [0.25, 0.3) is 0 Å². The maximum Gasteiger partial charge on any atom is 0.424 e. The highest BCUT2D eigenvalue weighted by Crippen LogP contribution is 2.44. The molecule has 0 bridgehead atoms. The highest BCUT2D eigenvalue weighted by Gasteiger charge is 2.58. The van der Waals surface area contributed by atoms with Crippen LogP contribution in [0.1, 0.15) is 29.3 Å². The molecular weight excluding hydrogens is 385 g/mol.